The molecule has 4 nitrogen and oxygen atoms in total. The van der Waals surface area contributed by atoms with E-state index in [1.165, 1.54) is 6.42 Å². The first-order chi connectivity index (χ1) is 8.25. The van der Waals surface area contributed by atoms with E-state index in [4.69, 9.17) is 4.74 Å². The maximum absolute atomic E-state index is 11.7. The zero-order valence-corrected chi connectivity index (χ0v) is 10.7. The van der Waals surface area contributed by atoms with E-state index in [0.29, 0.717) is 18.3 Å². The van der Waals surface area contributed by atoms with Crippen molar-refractivity contribution in [2.75, 3.05) is 26.2 Å². The van der Waals surface area contributed by atoms with Crippen LogP contribution in [0.1, 0.15) is 32.6 Å². The van der Waals surface area contributed by atoms with Crippen molar-refractivity contribution < 1.29 is 9.53 Å². The van der Waals surface area contributed by atoms with Gasteiger partial charge in [0.1, 0.15) is 0 Å². The summed E-state index contributed by atoms with van der Waals surface area (Å²) in [7, 11) is 0. The van der Waals surface area contributed by atoms with Crippen LogP contribution in [0.4, 0.5) is 0 Å². The van der Waals surface area contributed by atoms with Crippen LogP contribution in [0.15, 0.2) is 0 Å². The Morgan fingerprint density at radius 2 is 2.35 bits per heavy atom. The summed E-state index contributed by atoms with van der Waals surface area (Å²) in [4.78, 5) is 11.7. The van der Waals surface area contributed by atoms with E-state index >= 15 is 0 Å². The number of amides is 1. The van der Waals surface area contributed by atoms with Crippen LogP contribution in [0.3, 0.4) is 0 Å². The third-order valence-corrected chi connectivity index (χ3v) is 3.96. The summed E-state index contributed by atoms with van der Waals surface area (Å²) in [6, 6.07) is 0. The molecule has 1 amide bonds. The summed E-state index contributed by atoms with van der Waals surface area (Å²) in [6.45, 7) is 6.06. The Kier molecular flexibility index (Phi) is 4.80. The second kappa shape index (κ2) is 6.36. The van der Waals surface area contributed by atoms with Crippen LogP contribution in [0.2, 0.25) is 0 Å². The molecule has 2 heterocycles. The van der Waals surface area contributed by atoms with Gasteiger partial charge in [-0.25, -0.2) is 0 Å². The fourth-order valence-electron chi connectivity index (χ4n) is 2.70. The van der Waals surface area contributed by atoms with E-state index in [1.807, 2.05) is 0 Å². The van der Waals surface area contributed by atoms with Gasteiger partial charge in [0, 0.05) is 13.2 Å². The highest BCUT2D eigenvalue weighted by atomic mass is 16.5. The Bertz CT molecular complexity index is 252. The SMILES string of the molecule is CC1CNCCC1CNC(=O)CC1CCCO1. The highest BCUT2D eigenvalue weighted by Gasteiger charge is 2.23. The predicted molar refractivity (Wildman–Crippen MR) is 66.7 cm³/mol. The number of carbonyl (C=O) groups excluding carboxylic acids is 1. The first-order valence-electron chi connectivity index (χ1n) is 6.84. The summed E-state index contributed by atoms with van der Waals surface area (Å²) < 4.78 is 5.47. The molecule has 0 aromatic rings. The minimum absolute atomic E-state index is 0.155. The van der Waals surface area contributed by atoms with Crippen molar-refractivity contribution in [1.82, 2.24) is 10.6 Å². The maximum Gasteiger partial charge on any atom is 0.222 e. The Morgan fingerprint density at radius 1 is 1.47 bits per heavy atom. The molecule has 0 aromatic carbocycles. The van der Waals surface area contributed by atoms with Crippen molar-refractivity contribution >= 4 is 5.91 Å². The van der Waals surface area contributed by atoms with Crippen molar-refractivity contribution in [2.24, 2.45) is 11.8 Å². The number of ether oxygens (including phenoxy) is 1. The molecule has 2 rings (SSSR count). The average Bonchev–Trinajstić information content (AvgIpc) is 2.81. The van der Waals surface area contributed by atoms with E-state index in [9.17, 15) is 4.79 Å². The third kappa shape index (κ3) is 3.96. The first kappa shape index (κ1) is 12.8. The molecule has 0 aliphatic carbocycles. The molecule has 0 saturated carbocycles. The molecule has 2 aliphatic rings. The molecule has 17 heavy (non-hydrogen) atoms. The lowest BCUT2D eigenvalue weighted by Crippen LogP contribution is -2.41. The Hall–Kier alpha value is -0.610. The predicted octanol–water partition coefficient (Wildman–Crippen LogP) is 0.917. The molecular weight excluding hydrogens is 216 g/mol. The fraction of sp³-hybridized carbons (Fsp3) is 0.923. The topological polar surface area (TPSA) is 50.4 Å². The van der Waals surface area contributed by atoms with Gasteiger partial charge in [0.2, 0.25) is 5.91 Å². The fourth-order valence-corrected chi connectivity index (χ4v) is 2.70. The van der Waals surface area contributed by atoms with Gasteiger partial charge in [0.25, 0.3) is 0 Å². The minimum Gasteiger partial charge on any atom is -0.378 e. The minimum atomic E-state index is 0.155. The standard InChI is InChI=1S/C13H24N2O2/c1-10-8-14-5-4-11(10)9-15-13(16)7-12-3-2-6-17-12/h10-12,14H,2-9H2,1H3,(H,15,16). The highest BCUT2D eigenvalue weighted by molar-refractivity contribution is 5.76. The summed E-state index contributed by atoms with van der Waals surface area (Å²) in [5, 5.41) is 6.44. The van der Waals surface area contributed by atoms with Gasteiger partial charge in [0.15, 0.2) is 0 Å². The summed E-state index contributed by atoms with van der Waals surface area (Å²) >= 11 is 0. The van der Waals surface area contributed by atoms with Crippen LogP contribution < -0.4 is 10.6 Å². The Morgan fingerprint density at radius 3 is 3.06 bits per heavy atom. The lowest BCUT2D eigenvalue weighted by Gasteiger charge is -2.29. The molecule has 2 fully saturated rings. The lowest BCUT2D eigenvalue weighted by molar-refractivity contribution is -0.123. The molecule has 0 radical (unpaired) electrons. The van der Waals surface area contributed by atoms with Crippen LogP contribution >= 0.6 is 0 Å². The van der Waals surface area contributed by atoms with Crippen LogP contribution in [0.5, 0.6) is 0 Å². The largest absolute Gasteiger partial charge is 0.378 e. The molecular formula is C13H24N2O2. The molecule has 4 heteroatoms. The van der Waals surface area contributed by atoms with Crippen molar-refractivity contribution in [3.63, 3.8) is 0 Å². The second-order valence-corrected chi connectivity index (χ2v) is 5.37. The number of hydrogen-bond acceptors (Lipinski definition) is 3. The summed E-state index contributed by atoms with van der Waals surface area (Å²) in [5.74, 6) is 1.44. The van der Waals surface area contributed by atoms with Gasteiger partial charge in [-0.15, -0.1) is 0 Å². The Balaban J connectivity index is 1.64. The zero-order chi connectivity index (χ0) is 12.1. The summed E-state index contributed by atoms with van der Waals surface area (Å²) in [6.07, 6.45) is 4.02. The lowest BCUT2D eigenvalue weighted by atomic mass is 9.88. The van der Waals surface area contributed by atoms with Crippen molar-refractivity contribution in [2.45, 2.75) is 38.7 Å². The van der Waals surface area contributed by atoms with Gasteiger partial charge >= 0.3 is 0 Å². The molecule has 0 spiro atoms. The molecule has 98 valence electrons. The van der Waals surface area contributed by atoms with E-state index < -0.39 is 0 Å². The van der Waals surface area contributed by atoms with E-state index in [-0.39, 0.29) is 12.0 Å². The van der Waals surface area contributed by atoms with Gasteiger partial charge in [0.05, 0.1) is 12.5 Å². The summed E-state index contributed by atoms with van der Waals surface area (Å²) in [5.41, 5.74) is 0. The van der Waals surface area contributed by atoms with Gasteiger partial charge in [-0.3, -0.25) is 4.79 Å². The zero-order valence-electron chi connectivity index (χ0n) is 10.7. The van der Waals surface area contributed by atoms with Gasteiger partial charge < -0.3 is 15.4 Å². The van der Waals surface area contributed by atoms with E-state index in [2.05, 4.69) is 17.6 Å². The molecule has 2 saturated heterocycles. The van der Waals surface area contributed by atoms with Crippen LogP contribution in [0.25, 0.3) is 0 Å². The quantitative estimate of drug-likeness (QED) is 0.768. The number of carbonyl (C=O) groups is 1. The maximum atomic E-state index is 11.7. The van der Waals surface area contributed by atoms with Crippen molar-refractivity contribution in [3.05, 3.63) is 0 Å². The Labute approximate surface area is 103 Å². The number of rotatable bonds is 4. The normalized spacial score (nSPS) is 33.6. The van der Waals surface area contributed by atoms with Gasteiger partial charge in [-0.05, 0) is 44.2 Å². The second-order valence-electron chi connectivity index (χ2n) is 5.37. The van der Waals surface area contributed by atoms with E-state index in [0.717, 1.165) is 39.1 Å². The number of hydrogen-bond donors (Lipinski definition) is 2. The smallest absolute Gasteiger partial charge is 0.222 e. The molecule has 0 bridgehead atoms. The van der Waals surface area contributed by atoms with Crippen molar-refractivity contribution in [1.29, 1.82) is 0 Å². The molecule has 2 aliphatic heterocycles. The third-order valence-electron chi connectivity index (χ3n) is 3.96. The van der Waals surface area contributed by atoms with Crippen LogP contribution in [-0.2, 0) is 9.53 Å². The molecule has 2 N–H and O–H groups in total. The molecule has 0 aromatic heterocycles. The van der Waals surface area contributed by atoms with Crippen molar-refractivity contribution in [3.8, 4) is 0 Å². The van der Waals surface area contributed by atoms with Gasteiger partial charge in [-0.1, -0.05) is 6.92 Å². The number of piperidine rings is 1. The van der Waals surface area contributed by atoms with E-state index in [1.54, 1.807) is 0 Å². The monoisotopic (exact) mass is 240 g/mol. The average molecular weight is 240 g/mol. The van der Waals surface area contributed by atoms with Gasteiger partial charge in [-0.2, -0.15) is 0 Å². The first-order valence-corrected chi connectivity index (χ1v) is 6.84. The number of nitrogens with one attached hydrogen (secondary N) is 2. The van der Waals surface area contributed by atoms with Crippen LogP contribution in [0, 0.1) is 11.8 Å². The highest BCUT2D eigenvalue weighted by Crippen LogP contribution is 2.18. The molecule has 3 unspecified atom stereocenters. The molecule has 3 atom stereocenters. The van der Waals surface area contributed by atoms with Crippen LogP contribution in [-0.4, -0.2) is 38.3 Å².